The number of hydrogen-bond donors (Lipinski definition) is 2. The molecule has 2 heterocycles. The Morgan fingerprint density at radius 3 is 2.85 bits per heavy atom. The molecule has 2 aromatic rings. The lowest BCUT2D eigenvalue weighted by molar-refractivity contribution is 0.102. The smallest absolute Gasteiger partial charge is 0.257 e. The number of amides is 1. The minimum atomic E-state index is -0.353. The van der Waals surface area contributed by atoms with E-state index < -0.39 is 0 Å². The molecule has 2 aromatic heterocycles. The molecule has 0 spiro atoms. The van der Waals surface area contributed by atoms with Crippen molar-refractivity contribution in [2.75, 3.05) is 17.2 Å². The van der Waals surface area contributed by atoms with Gasteiger partial charge in [0.25, 0.3) is 5.91 Å². The Kier molecular flexibility index (Phi) is 4.76. The van der Waals surface area contributed by atoms with Gasteiger partial charge in [-0.1, -0.05) is 23.2 Å². The van der Waals surface area contributed by atoms with Crippen molar-refractivity contribution in [3.63, 3.8) is 0 Å². The van der Waals surface area contributed by atoms with Crippen LogP contribution >= 0.6 is 23.2 Å². The number of carbonyl (C=O) groups is 1. The molecular weight excluding hydrogens is 299 g/mol. The Labute approximate surface area is 126 Å². The molecule has 5 nitrogen and oxygen atoms in total. The van der Waals surface area contributed by atoms with Crippen LogP contribution < -0.4 is 10.6 Å². The Hall–Kier alpha value is -1.85. The molecule has 0 aliphatic heterocycles. The number of aromatic nitrogens is 2. The fourth-order valence-electron chi connectivity index (χ4n) is 1.56. The number of nitrogens with one attached hydrogen (secondary N) is 2. The SMILES string of the molecule is CCNc1cc(C(=O)Nc2ncccc2Cl)cc(Cl)n1. The van der Waals surface area contributed by atoms with Crippen LogP contribution in [0.1, 0.15) is 17.3 Å². The van der Waals surface area contributed by atoms with Crippen molar-refractivity contribution in [2.24, 2.45) is 0 Å². The van der Waals surface area contributed by atoms with Crippen LogP contribution in [0.15, 0.2) is 30.5 Å². The summed E-state index contributed by atoms with van der Waals surface area (Å²) >= 11 is 11.8. The standard InChI is InChI=1S/C13H12Cl2N4O/c1-2-16-11-7-8(6-10(15)18-11)13(20)19-12-9(14)4-3-5-17-12/h3-7H,2H2,1H3,(H,16,18)(H,17,19,20). The summed E-state index contributed by atoms with van der Waals surface area (Å²) in [6.07, 6.45) is 1.55. The highest BCUT2D eigenvalue weighted by molar-refractivity contribution is 6.33. The van der Waals surface area contributed by atoms with Crippen LogP contribution in [0.2, 0.25) is 10.2 Å². The predicted octanol–water partition coefficient (Wildman–Crippen LogP) is 3.47. The Morgan fingerprint density at radius 2 is 2.15 bits per heavy atom. The van der Waals surface area contributed by atoms with Crippen LogP contribution in [-0.2, 0) is 0 Å². The zero-order chi connectivity index (χ0) is 14.5. The van der Waals surface area contributed by atoms with E-state index in [0.717, 1.165) is 0 Å². The summed E-state index contributed by atoms with van der Waals surface area (Å²) in [7, 11) is 0. The number of halogens is 2. The van der Waals surface area contributed by atoms with Gasteiger partial charge >= 0.3 is 0 Å². The molecule has 1 amide bonds. The van der Waals surface area contributed by atoms with Crippen LogP contribution in [0.3, 0.4) is 0 Å². The van der Waals surface area contributed by atoms with E-state index in [1.807, 2.05) is 6.92 Å². The quantitative estimate of drug-likeness (QED) is 0.849. The van der Waals surface area contributed by atoms with Crippen LogP contribution in [0.25, 0.3) is 0 Å². The highest BCUT2D eigenvalue weighted by Gasteiger charge is 2.11. The molecule has 0 aliphatic rings. The monoisotopic (exact) mass is 310 g/mol. The Balaban J connectivity index is 2.23. The molecule has 0 saturated carbocycles. The third kappa shape index (κ3) is 3.59. The summed E-state index contributed by atoms with van der Waals surface area (Å²) in [5.74, 6) is 0.489. The van der Waals surface area contributed by atoms with Gasteiger partial charge in [-0.3, -0.25) is 4.79 Å². The highest BCUT2D eigenvalue weighted by atomic mass is 35.5. The molecule has 0 unspecified atom stereocenters. The minimum Gasteiger partial charge on any atom is -0.370 e. The van der Waals surface area contributed by atoms with Crippen molar-refractivity contribution in [1.82, 2.24) is 9.97 Å². The maximum atomic E-state index is 12.2. The Bertz CT molecular complexity index is 634. The topological polar surface area (TPSA) is 66.9 Å². The molecule has 0 saturated heterocycles. The molecular formula is C13H12Cl2N4O. The zero-order valence-corrected chi connectivity index (χ0v) is 12.2. The van der Waals surface area contributed by atoms with Crippen LogP contribution in [0, 0.1) is 0 Å². The second kappa shape index (κ2) is 6.54. The summed E-state index contributed by atoms with van der Waals surface area (Å²) in [4.78, 5) is 20.2. The molecule has 20 heavy (non-hydrogen) atoms. The van der Waals surface area contributed by atoms with Crippen LogP contribution in [-0.4, -0.2) is 22.4 Å². The van der Waals surface area contributed by atoms with Gasteiger partial charge in [-0.2, -0.15) is 0 Å². The fraction of sp³-hybridized carbons (Fsp3) is 0.154. The van der Waals surface area contributed by atoms with Crippen molar-refractivity contribution < 1.29 is 4.79 Å². The maximum Gasteiger partial charge on any atom is 0.257 e. The number of carbonyl (C=O) groups excluding carboxylic acids is 1. The van der Waals surface area contributed by atoms with Gasteiger partial charge in [-0.15, -0.1) is 0 Å². The van der Waals surface area contributed by atoms with Crippen molar-refractivity contribution in [1.29, 1.82) is 0 Å². The van der Waals surface area contributed by atoms with Gasteiger partial charge in [-0.25, -0.2) is 9.97 Å². The van der Waals surface area contributed by atoms with Gasteiger partial charge < -0.3 is 10.6 Å². The normalized spacial score (nSPS) is 10.2. The average Bonchev–Trinajstić information content (AvgIpc) is 2.41. The molecule has 0 radical (unpaired) electrons. The second-order valence-corrected chi connectivity index (χ2v) is 4.68. The summed E-state index contributed by atoms with van der Waals surface area (Å²) in [5.41, 5.74) is 0.377. The first kappa shape index (κ1) is 14.6. The molecule has 0 aromatic carbocycles. The molecule has 104 valence electrons. The lowest BCUT2D eigenvalue weighted by Crippen LogP contribution is -2.14. The van der Waals surface area contributed by atoms with E-state index in [1.165, 1.54) is 6.07 Å². The van der Waals surface area contributed by atoms with E-state index in [1.54, 1.807) is 24.4 Å². The molecule has 0 bridgehead atoms. The van der Waals surface area contributed by atoms with Gasteiger partial charge in [0.05, 0.1) is 5.02 Å². The third-order valence-corrected chi connectivity index (χ3v) is 2.90. The van der Waals surface area contributed by atoms with E-state index in [4.69, 9.17) is 23.2 Å². The van der Waals surface area contributed by atoms with E-state index in [-0.39, 0.29) is 11.1 Å². The first-order valence-electron chi connectivity index (χ1n) is 5.93. The third-order valence-electron chi connectivity index (χ3n) is 2.40. The minimum absolute atomic E-state index is 0.237. The lowest BCUT2D eigenvalue weighted by atomic mass is 10.2. The largest absolute Gasteiger partial charge is 0.370 e. The van der Waals surface area contributed by atoms with E-state index in [2.05, 4.69) is 20.6 Å². The van der Waals surface area contributed by atoms with Gasteiger partial charge in [0.1, 0.15) is 11.0 Å². The first-order valence-corrected chi connectivity index (χ1v) is 6.69. The van der Waals surface area contributed by atoms with Gasteiger partial charge in [-0.05, 0) is 31.2 Å². The summed E-state index contributed by atoms with van der Waals surface area (Å²) in [5, 5.41) is 6.23. The number of hydrogen-bond acceptors (Lipinski definition) is 4. The van der Waals surface area contributed by atoms with Crippen molar-refractivity contribution in [2.45, 2.75) is 6.92 Å². The van der Waals surface area contributed by atoms with Crippen molar-refractivity contribution in [3.8, 4) is 0 Å². The van der Waals surface area contributed by atoms with Crippen LogP contribution in [0.4, 0.5) is 11.6 Å². The average molecular weight is 311 g/mol. The first-order chi connectivity index (χ1) is 9.60. The Morgan fingerprint density at radius 1 is 1.35 bits per heavy atom. The number of nitrogens with zero attached hydrogens (tertiary/aromatic N) is 2. The predicted molar refractivity (Wildman–Crippen MR) is 80.6 cm³/mol. The molecule has 2 N–H and O–H groups in total. The molecule has 0 atom stereocenters. The summed E-state index contributed by atoms with van der Waals surface area (Å²) in [6, 6.07) is 6.43. The van der Waals surface area contributed by atoms with E-state index in [9.17, 15) is 4.79 Å². The number of anilines is 2. The van der Waals surface area contributed by atoms with Gasteiger partial charge in [0.15, 0.2) is 5.82 Å². The zero-order valence-electron chi connectivity index (χ0n) is 10.7. The second-order valence-electron chi connectivity index (χ2n) is 3.88. The maximum absolute atomic E-state index is 12.2. The number of pyridine rings is 2. The fourth-order valence-corrected chi connectivity index (χ4v) is 1.93. The lowest BCUT2D eigenvalue weighted by Gasteiger charge is -2.08. The highest BCUT2D eigenvalue weighted by Crippen LogP contribution is 2.20. The van der Waals surface area contributed by atoms with E-state index in [0.29, 0.717) is 28.8 Å². The van der Waals surface area contributed by atoms with Crippen molar-refractivity contribution >= 4 is 40.7 Å². The van der Waals surface area contributed by atoms with Gasteiger partial charge in [0, 0.05) is 18.3 Å². The van der Waals surface area contributed by atoms with Gasteiger partial charge in [0.2, 0.25) is 0 Å². The molecule has 0 aliphatic carbocycles. The summed E-state index contributed by atoms with van der Waals surface area (Å²) in [6.45, 7) is 2.61. The molecule has 2 rings (SSSR count). The molecule has 0 fully saturated rings. The van der Waals surface area contributed by atoms with E-state index >= 15 is 0 Å². The van der Waals surface area contributed by atoms with Crippen LogP contribution in [0.5, 0.6) is 0 Å². The summed E-state index contributed by atoms with van der Waals surface area (Å²) < 4.78 is 0. The van der Waals surface area contributed by atoms with Crippen molar-refractivity contribution in [3.05, 3.63) is 46.2 Å². The number of rotatable bonds is 4. The molecule has 7 heteroatoms.